The predicted octanol–water partition coefficient (Wildman–Crippen LogP) is 3.46. The van der Waals surface area contributed by atoms with Crippen LogP contribution < -0.4 is 10.6 Å². The Hall–Kier alpha value is -0.800. The predicted molar refractivity (Wildman–Crippen MR) is 110 cm³/mol. The minimum absolute atomic E-state index is 0. The molecule has 0 spiro atoms. The maximum atomic E-state index is 4.65. The Morgan fingerprint density at radius 3 is 2.73 bits per heavy atom. The van der Waals surface area contributed by atoms with Crippen LogP contribution >= 0.6 is 47.1 Å². The van der Waals surface area contributed by atoms with E-state index < -0.39 is 0 Å². The van der Waals surface area contributed by atoms with Gasteiger partial charge in [0.25, 0.3) is 0 Å². The van der Waals surface area contributed by atoms with Crippen molar-refractivity contribution in [2.45, 2.75) is 6.54 Å². The fraction of sp³-hybridized carbons (Fsp3) is 0.333. The molecule has 1 aromatic heterocycles. The third kappa shape index (κ3) is 6.13. The van der Waals surface area contributed by atoms with Gasteiger partial charge in [-0.15, -0.1) is 35.3 Å². The molecular weight excluding hydrogens is 427 g/mol. The summed E-state index contributed by atoms with van der Waals surface area (Å²) in [7, 11) is 1.78. The molecule has 120 valence electrons. The summed E-state index contributed by atoms with van der Waals surface area (Å²) >= 11 is 3.48. The standard InChI is InChI=1S/C15H20N4S2.HI/c1-16-15(17-8-9-20-2)18-10-14-19-13(11-21-14)12-6-4-3-5-7-12;/h3-7,11H,8-10H2,1-2H3,(H2,16,17,18);1H. The molecular formula is C15H21IN4S2. The van der Waals surface area contributed by atoms with Gasteiger partial charge in [-0.05, 0) is 6.26 Å². The summed E-state index contributed by atoms with van der Waals surface area (Å²) in [6.07, 6.45) is 2.10. The molecule has 0 aliphatic heterocycles. The smallest absolute Gasteiger partial charge is 0.191 e. The number of thiazole rings is 1. The number of nitrogens with one attached hydrogen (secondary N) is 2. The Bertz CT molecular complexity index is 572. The second kappa shape index (κ2) is 10.8. The van der Waals surface area contributed by atoms with E-state index in [-0.39, 0.29) is 24.0 Å². The first kappa shape index (κ1) is 19.2. The van der Waals surface area contributed by atoms with E-state index in [1.165, 1.54) is 0 Å². The van der Waals surface area contributed by atoms with Crippen molar-refractivity contribution in [3.05, 3.63) is 40.7 Å². The third-order valence-corrected chi connectivity index (χ3v) is 4.31. The summed E-state index contributed by atoms with van der Waals surface area (Å²) in [5, 5.41) is 9.71. The lowest BCUT2D eigenvalue weighted by Gasteiger charge is -2.09. The molecule has 2 rings (SSSR count). The fourth-order valence-electron chi connectivity index (χ4n) is 1.79. The Kier molecular flexibility index (Phi) is 9.49. The van der Waals surface area contributed by atoms with Crippen molar-refractivity contribution in [2.24, 2.45) is 4.99 Å². The zero-order valence-electron chi connectivity index (χ0n) is 12.7. The average Bonchev–Trinajstić information content (AvgIpc) is 3.00. The van der Waals surface area contributed by atoms with Crippen molar-refractivity contribution < 1.29 is 0 Å². The Labute approximate surface area is 157 Å². The topological polar surface area (TPSA) is 49.3 Å². The Morgan fingerprint density at radius 1 is 1.27 bits per heavy atom. The Morgan fingerprint density at radius 2 is 2.05 bits per heavy atom. The summed E-state index contributed by atoms with van der Waals surface area (Å²) < 4.78 is 0. The monoisotopic (exact) mass is 448 g/mol. The van der Waals surface area contributed by atoms with Gasteiger partial charge in [0.15, 0.2) is 5.96 Å². The molecule has 1 heterocycles. The molecule has 4 nitrogen and oxygen atoms in total. The van der Waals surface area contributed by atoms with Crippen molar-refractivity contribution in [3.63, 3.8) is 0 Å². The van der Waals surface area contributed by atoms with E-state index in [2.05, 4.69) is 44.4 Å². The molecule has 0 fully saturated rings. The number of aromatic nitrogens is 1. The lowest BCUT2D eigenvalue weighted by atomic mass is 10.2. The average molecular weight is 448 g/mol. The molecule has 7 heteroatoms. The zero-order valence-corrected chi connectivity index (χ0v) is 16.7. The molecule has 0 saturated carbocycles. The van der Waals surface area contributed by atoms with E-state index in [0.717, 1.165) is 34.5 Å². The molecule has 1 aromatic carbocycles. The molecule has 0 saturated heterocycles. The number of guanidine groups is 1. The van der Waals surface area contributed by atoms with Crippen molar-refractivity contribution >= 4 is 53.0 Å². The highest BCUT2D eigenvalue weighted by Crippen LogP contribution is 2.21. The normalized spacial score (nSPS) is 10.9. The van der Waals surface area contributed by atoms with Gasteiger partial charge in [-0.1, -0.05) is 30.3 Å². The van der Waals surface area contributed by atoms with Crippen molar-refractivity contribution in [2.75, 3.05) is 25.6 Å². The van der Waals surface area contributed by atoms with Gasteiger partial charge in [0.1, 0.15) is 5.01 Å². The highest BCUT2D eigenvalue weighted by molar-refractivity contribution is 14.0. The van der Waals surface area contributed by atoms with Crippen LogP contribution in [0, 0.1) is 0 Å². The molecule has 0 unspecified atom stereocenters. The summed E-state index contributed by atoms with van der Waals surface area (Å²) in [4.78, 5) is 8.85. The minimum atomic E-state index is 0. The first-order chi connectivity index (χ1) is 10.3. The van der Waals surface area contributed by atoms with E-state index in [0.29, 0.717) is 6.54 Å². The van der Waals surface area contributed by atoms with Crippen LogP contribution in [-0.4, -0.2) is 36.5 Å². The largest absolute Gasteiger partial charge is 0.356 e. The second-order valence-corrected chi connectivity index (χ2v) is 6.27. The van der Waals surface area contributed by atoms with E-state index >= 15 is 0 Å². The number of thioether (sulfide) groups is 1. The maximum Gasteiger partial charge on any atom is 0.191 e. The SMILES string of the molecule is CN=C(NCCSC)NCc1nc(-c2ccccc2)cs1.I. The second-order valence-electron chi connectivity index (χ2n) is 4.34. The van der Waals surface area contributed by atoms with Gasteiger partial charge in [0.05, 0.1) is 12.2 Å². The van der Waals surface area contributed by atoms with Gasteiger partial charge in [-0.3, -0.25) is 4.99 Å². The molecule has 2 N–H and O–H groups in total. The minimum Gasteiger partial charge on any atom is -0.356 e. The van der Waals surface area contributed by atoms with Gasteiger partial charge in [0.2, 0.25) is 0 Å². The Balaban J connectivity index is 0.00000242. The summed E-state index contributed by atoms with van der Waals surface area (Å²) in [6.45, 7) is 1.60. The van der Waals surface area contributed by atoms with Crippen molar-refractivity contribution in [1.29, 1.82) is 0 Å². The number of benzene rings is 1. The molecule has 22 heavy (non-hydrogen) atoms. The molecule has 0 aliphatic rings. The fourth-order valence-corrected chi connectivity index (χ4v) is 2.83. The van der Waals surface area contributed by atoms with Crippen LogP contribution in [0.4, 0.5) is 0 Å². The number of halogens is 1. The first-order valence-electron chi connectivity index (χ1n) is 6.76. The molecule has 0 bridgehead atoms. The molecule has 0 radical (unpaired) electrons. The number of rotatable bonds is 6. The van der Waals surface area contributed by atoms with Crippen molar-refractivity contribution in [1.82, 2.24) is 15.6 Å². The van der Waals surface area contributed by atoms with Gasteiger partial charge in [-0.2, -0.15) is 11.8 Å². The molecule has 0 amide bonds. The van der Waals surface area contributed by atoms with Crippen LogP contribution in [0.15, 0.2) is 40.7 Å². The molecule has 2 aromatic rings. The van der Waals surface area contributed by atoms with E-state index in [9.17, 15) is 0 Å². The van der Waals surface area contributed by atoms with Gasteiger partial charge < -0.3 is 10.6 Å². The summed E-state index contributed by atoms with van der Waals surface area (Å²) in [6, 6.07) is 10.2. The van der Waals surface area contributed by atoms with Gasteiger partial charge >= 0.3 is 0 Å². The lowest BCUT2D eigenvalue weighted by molar-refractivity contribution is 0.828. The van der Waals surface area contributed by atoms with Crippen LogP contribution in [-0.2, 0) is 6.54 Å². The summed E-state index contributed by atoms with van der Waals surface area (Å²) in [5.74, 6) is 1.89. The number of hydrogen-bond acceptors (Lipinski definition) is 4. The van der Waals surface area contributed by atoms with Crippen molar-refractivity contribution in [3.8, 4) is 11.3 Å². The maximum absolute atomic E-state index is 4.65. The van der Waals surface area contributed by atoms with E-state index in [1.807, 2.05) is 30.0 Å². The van der Waals surface area contributed by atoms with Crippen LogP contribution in [0.5, 0.6) is 0 Å². The number of aliphatic imine (C=N–C) groups is 1. The van der Waals surface area contributed by atoms with E-state index in [4.69, 9.17) is 0 Å². The van der Waals surface area contributed by atoms with E-state index in [1.54, 1.807) is 18.4 Å². The van der Waals surface area contributed by atoms with Crippen LogP contribution in [0.25, 0.3) is 11.3 Å². The van der Waals surface area contributed by atoms with Crippen LogP contribution in [0.2, 0.25) is 0 Å². The number of hydrogen-bond donors (Lipinski definition) is 2. The van der Waals surface area contributed by atoms with Gasteiger partial charge in [-0.25, -0.2) is 4.98 Å². The van der Waals surface area contributed by atoms with Crippen LogP contribution in [0.1, 0.15) is 5.01 Å². The molecule has 0 atom stereocenters. The number of nitrogens with zero attached hydrogens (tertiary/aromatic N) is 2. The lowest BCUT2D eigenvalue weighted by Crippen LogP contribution is -2.37. The quantitative estimate of drug-likeness (QED) is 0.308. The summed E-state index contributed by atoms with van der Waals surface area (Å²) in [5.41, 5.74) is 2.19. The van der Waals surface area contributed by atoms with Gasteiger partial charge in [0, 0.05) is 30.3 Å². The highest BCUT2D eigenvalue weighted by atomic mass is 127. The highest BCUT2D eigenvalue weighted by Gasteiger charge is 2.05. The zero-order chi connectivity index (χ0) is 14.9. The third-order valence-electron chi connectivity index (χ3n) is 2.85. The molecule has 0 aliphatic carbocycles. The first-order valence-corrected chi connectivity index (χ1v) is 9.04. The van der Waals surface area contributed by atoms with Crippen LogP contribution in [0.3, 0.4) is 0 Å².